The van der Waals surface area contributed by atoms with Crippen molar-refractivity contribution < 1.29 is 4.74 Å². The maximum Gasteiger partial charge on any atom is 0.141 e. The summed E-state index contributed by atoms with van der Waals surface area (Å²) in [4.78, 5) is 4.85. The Balaban J connectivity index is 1.47. The molecule has 3 nitrogen and oxygen atoms in total. The molecule has 4 aromatic rings. The van der Waals surface area contributed by atoms with Gasteiger partial charge in [-0.05, 0) is 61.7 Å². The third-order valence-corrected chi connectivity index (χ3v) is 5.01. The molecule has 28 heavy (non-hydrogen) atoms. The summed E-state index contributed by atoms with van der Waals surface area (Å²) >= 11 is 6.21. The second-order valence-corrected chi connectivity index (χ2v) is 7.39. The van der Waals surface area contributed by atoms with Crippen LogP contribution in [-0.2, 0) is 6.54 Å². The summed E-state index contributed by atoms with van der Waals surface area (Å²) < 4.78 is 8.17. The third kappa shape index (κ3) is 4.20. The minimum Gasteiger partial charge on any atom is -0.494 e. The standard InChI is InChI=1S/C24H23ClN2O/c1-18-8-6-11-21(16-18)28-15-5-4-14-27-23-13-3-2-12-22(23)26-24(27)19-9-7-10-20(25)17-19/h2-3,6-13,16-17H,4-5,14-15H2,1H3. The van der Waals surface area contributed by atoms with Crippen molar-refractivity contribution in [1.29, 1.82) is 0 Å². The summed E-state index contributed by atoms with van der Waals surface area (Å²) in [6.45, 7) is 3.68. The smallest absolute Gasteiger partial charge is 0.141 e. The molecule has 0 radical (unpaired) electrons. The van der Waals surface area contributed by atoms with Gasteiger partial charge >= 0.3 is 0 Å². The maximum absolute atomic E-state index is 6.21. The highest BCUT2D eigenvalue weighted by Crippen LogP contribution is 2.27. The van der Waals surface area contributed by atoms with E-state index in [1.54, 1.807) is 0 Å². The number of benzene rings is 3. The number of hydrogen-bond donors (Lipinski definition) is 0. The Kier molecular flexibility index (Phi) is 5.63. The minimum absolute atomic E-state index is 0.711. The van der Waals surface area contributed by atoms with E-state index in [9.17, 15) is 0 Å². The van der Waals surface area contributed by atoms with Crippen LogP contribution < -0.4 is 4.74 Å². The van der Waals surface area contributed by atoms with Crippen molar-refractivity contribution in [1.82, 2.24) is 9.55 Å². The lowest BCUT2D eigenvalue weighted by Gasteiger charge is -2.11. The average molecular weight is 391 g/mol. The zero-order valence-corrected chi connectivity index (χ0v) is 16.7. The first-order valence-corrected chi connectivity index (χ1v) is 9.99. The van der Waals surface area contributed by atoms with Gasteiger partial charge in [0, 0.05) is 17.1 Å². The minimum atomic E-state index is 0.711. The molecule has 0 aliphatic rings. The van der Waals surface area contributed by atoms with Crippen LogP contribution in [0, 0.1) is 6.92 Å². The molecule has 0 fully saturated rings. The van der Waals surface area contributed by atoms with Gasteiger partial charge in [-0.2, -0.15) is 0 Å². The van der Waals surface area contributed by atoms with E-state index >= 15 is 0 Å². The number of nitrogens with zero attached hydrogens (tertiary/aromatic N) is 2. The number of hydrogen-bond acceptors (Lipinski definition) is 2. The Morgan fingerprint density at radius 2 is 1.79 bits per heavy atom. The quantitative estimate of drug-likeness (QED) is 0.335. The van der Waals surface area contributed by atoms with Crippen molar-refractivity contribution in [2.75, 3.05) is 6.61 Å². The van der Waals surface area contributed by atoms with Gasteiger partial charge in [0.1, 0.15) is 11.6 Å². The molecule has 0 bridgehead atoms. The lowest BCUT2D eigenvalue weighted by Crippen LogP contribution is -2.04. The number of fused-ring (bicyclic) bond motifs is 1. The summed E-state index contributed by atoms with van der Waals surface area (Å²) in [5, 5.41) is 0.725. The van der Waals surface area contributed by atoms with Gasteiger partial charge in [0.05, 0.1) is 17.6 Å². The molecule has 0 aliphatic carbocycles. The molecular formula is C24H23ClN2O. The number of unbranched alkanes of at least 4 members (excludes halogenated alkanes) is 1. The molecule has 4 rings (SSSR count). The molecule has 4 heteroatoms. The predicted octanol–water partition coefficient (Wildman–Crippen LogP) is 6.52. The zero-order valence-electron chi connectivity index (χ0n) is 15.9. The molecule has 1 heterocycles. The lowest BCUT2D eigenvalue weighted by molar-refractivity contribution is 0.303. The Morgan fingerprint density at radius 1 is 0.929 bits per heavy atom. The second kappa shape index (κ2) is 8.49. The molecule has 1 aromatic heterocycles. The molecule has 0 aliphatic heterocycles. The number of imidazole rings is 1. The molecule has 0 spiro atoms. The Morgan fingerprint density at radius 3 is 2.64 bits per heavy atom. The number of rotatable bonds is 7. The van der Waals surface area contributed by atoms with Crippen LogP contribution in [0.3, 0.4) is 0 Å². The first kappa shape index (κ1) is 18.6. The number of para-hydroxylation sites is 2. The van der Waals surface area contributed by atoms with Crippen molar-refractivity contribution in [3.8, 4) is 17.1 Å². The fraction of sp³-hybridized carbons (Fsp3) is 0.208. The molecule has 0 saturated heterocycles. The van der Waals surface area contributed by atoms with E-state index in [4.69, 9.17) is 21.3 Å². The molecular weight excluding hydrogens is 368 g/mol. The Labute approximate surface area is 170 Å². The number of halogens is 1. The van der Waals surface area contributed by atoms with Crippen molar-refractivity contribution in [2.45, 2.75) is 26.3 Å². The van der Waals surface area contributed by atoms with Gasteiger partial charge in [0.25, 0.3) is 0 Å². The average Bonchev–Trinajstić information content (AvgIpc) is 3.07. The lowest BCUT2D eigenvalue weighted by atomic mass is 10.2. The van der Waals surface area contributed by atoms with Crippen molar-refractivity contribution in [3.05, 3.63) is 83.4 Å². The molecule has 0 atom stereocenters. The van der Waals surface area contributed by atoms with Crippen LogP contribution in [0.5, 0.6) is 5.75 Å². The van der Waals surface area contributed by atoms with Crippen LogP contribution in [0.1, 0.15) is 18.4 Å². The van der Waals surface area contributed by atoms with Gasteiger partial charge in [-0.25, -0.2) is 4.98 Å². The van der Waals surface area contributed by atoms with Crippen molar-refractivity contribution in [2.24, 2.45) is 0 Å². The molecule has 3 aromatic carbocycles. The van der Waals surface area contributed by atoms with E-state index in [2.05, 4.69) is 47.9 Å². The van der Waals surface area contributed by atoms with E-state index in [1.165, 1.54) is 5.56 Å². The molecule has 0 amide bonds. The van der Waals surface area contributed by atoms with E-state index in [1.807, 2.05) is 36.4 Å². The number of aromatic nitrogens is 2. The summed E-state index contributed by atoms with van der Waals surface area (Å²) in [7, 11) is 0. The van der Waals surface area contributed by atoms with Crippen LogP contribution in [0.4, 0.5) is 0 Å². The summed E-state index contributed by atoms with van der Waals surface area (Å²) in [5.41, 5.74) is 4.42. The fourth-order valence-corrected chi connectivity index (χ4v) is 3.61. The normalized spacial score (nSPS) is 11.1. The number of aryl methyl sites for hydroxylation is 2. The van der Waals surface area contributed by atoms with Gasteiger partial charge in [0.15, 0.2) is 0 Å². The van der Waals surface area contributed by atoms with Gasteiger partial charge in [0.2, 0.25) is 0 Å². The Hall–Kier alpha value is -2.78. The highest BCUT2D eigenvalue weighted by molar-refractivity contribution is 6.30. The van der Waals surface area contributed by atoms with Gasteiger partial charge in [-0.1, -0.05) is 48.0 Å². The zero-order chi connectivity index (χ0) is 19.3. The summed E-state index contributed by atoms with van der Waals surface area (Å²) in [5.74, 6) is 1.90. The van der Waals surface area contributed by atoms with Crippen LogP contribution in [0.2, 0.25) is 5.02 Å². The van der Waals surface area contributed by atoms with Gasteiger partial charge in [-0.15, -0.1) is 0 Å². The molecule has 0 unspecified atom stereocenters. The predicted molar refractivity (Wildman–Crippen MR) is 116 cm³/mol. The Bertz CT molecular complexity index is 1090. The first-order chi connectivity index (χ1) is 13.7. The van der Waals surface area contributed by atoms with E-state index < -0.39 is 0 Å². The molecule has 0 N–H and O–H groups in total. The second-order valence-electron chi connectivity index (χ2n) is 6.96. The largest absolute Gasteiger partial charge is 0.494 e. The van der Waals surface area contributed by atoms with Crippen LogP contribution in [0.25, 0.3) is 22.4 Å². The van der Waals surface area contributed by atoms with Crippen molar-refractivity contribution >= 4 is 22.6 Å². The highest BCUT2D eigenvalue weighted by Gasteiger charge is 2.12. The summed E-state index contributed by atoms with van der Waals surface area (Å²) in [6.07, 6.45) is 2.00. The fourth-order valence-electron chi connectivity index (χ4n) is 3.42. The van der Waals surface area contributed by atoms with E-state index in [0.717, 1.165) is 52.6 Å². The molecule has 0 saturated carbocycles. The topological polar surface area (TPSA) is 27.1 Å². The van der Waals surface area contributed by atoms with Crippen LogP contribution in [-0.4, -0.2) is 16.2 Å². The molecule has 142 valence electrons. The first-order valence-electron chi connectivity index (χ1n) is 9.61. The van der Waals surface area contributed by atoms with E-state index in [-0.39, 0.29) is 0 Å². The monoisotopic (exact) mass is 390 g/mol. The van der Waals surface area contributed by atoms with Crippen LogP contribution >= 0.6 is 11.6 Å². The van der Waals surface area contributed by atoms with Crippen LogP contribution in [0.15, 0.2) is 72.8 Å². The third-order valence-electron chi connectivity index (χ3n) is 4.77. The SMILES string of the molecule is Cc1cccc(OCCCCn2c(-c3cccc(Cl)c3)nc3ccccc32)c1. The van der Waals surface area contributed by atoms with Crippen molar-refractivity contribution in [3.63, 3.8) is 0 Å². The summed E-state index contributed by atoms with van der Waals surface area (Å²) in [6, 6.07) is 24.3. The van der Waals surface area contributed by atoms with Gasteiger partial charge < -0.3 is 9.30 Å². The van der Waals surface area contributed by atoms with Gasteiger partial charge in [-0.3, -0.25) is 0 Å². The number of ether oxygens (including phenoxy) is 1. The highest BCUT2D eigenvalue weighted by atomic mass is 35.5. The maximum atomic E-state index is 6.21. The van der Waals surface area contributed by atoms with E-state index in [0.29, 0.717) is 6.61 Å².